The lowest BCUT2D eigenvalue weighted by atomic mass is 10.1. The monoisotopic (exact) mass is 219 g/mol. The number of hydrogen-bond acceptors (Lipinski definition) is 3. The first kappa shape index (κ1) is 10.5. The van der Waals surface area contributed by atoms with Crippen LogP contribution in [0.5, 0.6) is 5.75 Å². The van der Waals surface area contributed by atoms with E-state index in [1.165, 1.54) is 19.2 Å². The molecular weight excluding hydrogens is 209 g/mol. The molecule has 0 unspecified atom stereocenters. The fraction of sp³-hybridized carbons (Fsp3) is 0.167. The van der Waals surface area contributed by atoms with Gasteiger partial charge in [-0.25, -0.2) is 4.39 Å². The number of rotatable bonds is 2. The first-order chi connectivity index (χ1) is 7.65. The maximum atomic E-state index is 13.3. The summed E-state index contributed by atoms with van der Waals surface area (Å²) >= 11 is 0. The molecule has 3 nitrogen and oxygen atoms in total. The van der Waals surface area contributed by atoms with Gasteiger partial charge in [0.25, 0.3) is 0 Å². The molecular formula is C12H10FNO2. The highest BCUT2D eigenvalue weighted by molar-refractivity contribution is 5.98. The lowest BCUT2D eigenvalue weighted by Gasteiger charge is -2.08. The van der Waals surface area contributed by atoms with Crippen molar-refractivity contribution in [1.82, 2.24) is 4.98 Å². The fourth-order valence-corrected chi connectivity index (χ4v) is 1.67. The summed E-state index contributed by atoms with van der Waals surface area (Å²) in [5.74, 6) is 0.0450. The lowest BCUT2D eigenvalue weighted by Crippen LogP contribution is -1.95. The number of aryl methyl sites for hydroxylation is 1. The van der Waals surface area contributed by atoms with Gasteiger partial charge in [-0.15, -0.1) is 0 Å². The van der Waals surface area contributed by atoms with Crippen LogP contribution in [0.3, 0.4) is 0 Å². The quantitative estimate of drug-likeness (QED) is 0.728. The minimum Gasteiger partial charge on any atom is -0.496 e. The lowest BCUT2D eigenvalue weighted by molar-refractivity contribution is 0.112. The minimum atomic E-state index is -0.474. The number of aromatic nitrogens is 1. The number of carbonyl (C=O) groups is 1. The van der Waals surface area contributed by atoms with E-state index in [0.29, 0.717) is 22.9 Å². The molecule has 0 N–H and O–H groups in total. The van der Waals surface area contributed by atoms with Gasteiger partial charge in [-0.2, -0.15) is 0 Å². The van der Waals surface area contributed by atoms with Crippen LogP contribution in [-0.2, 0) is 0 Å². The zero-order valence-electron chi connectivity index (χ0n) is 8.95. The Balaban J connectivity index is 2.92. The third-order valence-electron chi connectivity index (χ3n) is 2.34. The van der Waals surface area contributed by atoms with Crippen LogP contribution in [-0.4, -0.2) is 18.4 Å². The summed E-state index contributed by atoms with van der Waals surface area (Å²) in [6.07, 6.45) is 0.595. The van der Waals surface area contributed by atoms with Crippen LogP contribution in [0.1, 0.15) is 16.1 Å². The largest absolute Gasteiger partial charge is 0.496 e. The second-order valence-corrected chi connectivity index (χ2v) is 3.47. The van der Waals surface area contributed by atoms with Gasteiger partial charge >= 0.3 is 0 Å². The van der Waals surface area contributed by atoms with E-state index < -0.39 is 5.82 Å². The van der Waals surface area contributed by atoms with Crippen LogP contribution in [0, 0.1) is 12.7 Å². The van der Waals surface area contributed by atoms with E-state index in [1.807, 2.05) is 0 Å². The topological polar surface area (TPSA) is 39.2 Å². The number of fused-ring (bicyclic) bond motifs is 1. The van der Waals surface area contributed by atoms with Crippen molar-refractivity contribution >= 4 is 17.2 Å². The van der Waals surface area contributed by atoms with Crippen LogP contribution in [0.15, 0.2) is 18.2 Å². The molecule has 4 heteroatoms. The molecule has 1 aromatic carbocycles. The third-order valence-corrected chi connectivity index (χ3v) is 2.34. The first-order valence-corrected chi connectivity index (χ1v) is 4.75. The number of benzene rings is 1. The predicted molar refractivity (Wildman–Crippen MR) is 58.4 cm³/mol. The summed E-state index contributed by atoms with van der Waals surface area (Å²) in [6, 6.07) is 4.19. The molecule has 0 bridgehead atoms. The van der Waals surface area contributed by atoms with Crippen molar-refractivity contribution in [2.45, 2.75) is 6.92 Å². The van der Waals surface area contributed by atoms with Crippen molar-refractivity contribution in [3.05, 3.63) is 35.3 Å². The molecule has 0 fully saturated rings. The van der Waals surface area contributed by atoms with Gasteiger partial charge in [0.2, 0.25) is 0 Å². The Kier molecular flexibility index (Phi) is 2.56. The van der Waals surface area contributed by atoms with E-state index in [-0.39, 0.29) is 5.56 Å². The molecule has 82 valence electrons. The maximum absolute atomic E-state index is 13.3. The Morgan fingerprint density at radius 3 is 2.75 bits per heavy atom. The number of aldehydes is 1. The number of nitrogens with zero attached hydrogens (tertiary/aromatic N) is 1. The molecule has 0 saturated heterocycles. The molecule has 0 aliphatic rings. The predicted octanol–water partition coefficient (Wildman–Crippen LogP) is 2.50. The number of pyridine rings is 1. The van der Waals surface area contributed by atoms with E-state index in [0.717, 1.165) is 5.69 Å². The van der Waals surface area contributed by atoms with Gasteiger partial charge in [0.15, 0.2) is 6.29 Å². The van der Waals surface area contributed by atoms with E-state index in [2.05, 4.69) is 4.98 Å². The summed E-state index contributed by atoms with van der Waals surface area (Å²) in [4.78, 5) is 15.1. The molecule has 0 aliphatic heterocycles. The normalized spacial score (nSPS) is 10.4. The Morgan fingerprint density at radius 1 is 1.38 bits per heavy atom. The number of hydrogen-bond donors (Lipinski definition) is 0. The van der Waals surface area contributed by atoms with Crippen LogP contribution < -0.4 is 4.74 Å². The van der Waals surface area contributed by atoms with Crippen LogP contribution >= 0.6 is 0 Å². The highest BCUT2D eigenvalue weighted by Gasteiger charge is 2.10. The number of carbonyl (C=O) groups excluding carboxylic acids is 1. The molecule has 0 radical (unpaired) electrons. The zero-order valence-corrected chi connectivity index (χ0v) is 8.95. The molecule has 1 heterocycles. The van der Waals surface area contributed by atoms with Crippen LogP contribution in [0.25, 0.3) is 10.9 Å². The van der Waals surface area contributed by atoms with E-state index in [9.17, 15) is 9.18 Å². The molecule has 16 heavy (non-hydrogen) atoms. The molecule has 2 rings (SSSR count). The molecule has 1 aromatic heterocycles. The van der Waals surface area contributed by atoms with E-state index in [4.69, 9.17) is 4.74 Å². The van der Waals surface area contributed by atoms with Gasteiger partial charge in [-0.3, -0.25) is 9.78 Å². The van der Waals surface area contributed by atoms with Gasteiger partial charge in [-0.1, -0.05) is 0 Å². The number of halogens is 1. The van der Waals surface area contributed by atoms with Crippen molar-refractivity contribution in [2.24, 2.45) is 0 Å². The first-order valence-electron chi connectivity index (χ1n) is 4.75. The summed E-state index contributed by atoms with van der Waals surface area (Å²) in [6.45, 7) is 1.79. The Bertz CT molecular complexity index is 566. The smallest absolute Gasteiger partial charge is 0.152 e. The third kappa shape index (κ3) is 1.62. The SMILES string of the molecule is COc1cc(C)nc2c(C=O)cc(F)cc12. The summed E-state index contributed by atoms with van der Waals surface area (Å²) in [7, 11) is 1.50. The molecule has 0 spiro atoms. The van der Waals surface area contributed by atoms with Gasteiger partial charge in [0.1, 0.15) is 11.6 Å². The Morgan fingerprint density at radius 2 is 2.12 bits per heavy atom. The van der Waals surface area contributed by atoms with Gasteiger partial charge in [-0.05, 0) is 19.1 Å². The maximum Gasteiger partial charge on any atom is 0.152 e. The molecule has 0 aliphatic carbocycles. The summed E-state index contributed by atoms with van der Waals surface area (Å²) in [5, 5.41) is 0.509. The average Bonchev–Trinajstić information content (AvgIpc) is 2.27. The van der Waals surface area contributed by atoms with Crippen LogP contribution in [0.4, 0.5) is 4.39 Å². The zero-order chi connectivity index (χ0) is 11.7. The second kappa shape index (κ2) is 3.89. The molecule has 0 amide bonds. The second-order valence-electron chi connectivity index (χ2n) is 3.47. The highest BCUT2D eigenvalue weighted by Crippen LogP contribution is 2.27. The van der Waals surface area contributed by atoms with Crippen molar-refractivity contribution in [1.29, 1.82) is 0 Å². The Labute approximate surface area is 91.9 Å². The van der Waals surface area contributed by atoms with Crippen molar-refractivity contribution in [3.8, 4) is 5.75 Å². The fourth-order valence-electron chi connectivity index (χ4n) is 1.67. The van der Waals surface area contributed by atoms with Gasteiger partial charge < -0.3 is 4.74 Å². The van der Waals surface area contributed by atoms with E-state index in [1.54, 1.807) is 13.0 Å². The average molecular weight is 219 g/mol. The van der Waals surface area contributed by atoms with Gasteiger partial charge in [0.05, 0.1) is 12.6 Å². The standard InChI is InChI=1S/C12H10FNO2/c1-7-3-11(16-2)10-5-9(13)4-8(6-15)12(10)14-7/h3-6H,1-2H3. The van der Waals surface area contributed by atoms with Gasteiger partial charge in [0, 0.05) is 22.7 Å². The molecule has 0 atom stereocenters. The van der Waals surface area contributed by atoms with Crippen LogP contribution in [0.2, 0.25) is 0 Å². The summed E-state index contributed by atoms with van der Waals surface area (Å²) in [5.41, 5.74) is 1.42. The minimum absolute atomic E-state index is 0.233. The van der Waals surface area contributed by atoms with Crippen molar-refractivity contribution < 1.29 is 13.9 Å². The number of methoxy groups -OCH3 is 1. The van der Waals surface area contributed by atoms with E-state index >= 15 is 0 Å². The Hall–Kier alpha value is -1.97. The molecule has 2 aromatic rings. The van der Waals surface area contributed by atoms with Crippen molar-refractivity contribution in [3.63, 3.8) is 0 Å². The highest BCUT2D eigenvalue weighted by atomic mass is 19.1. The molecule has 0 saturated carbocycles. The van der Waals surface area contributed by atoms with Crippen molar-refractivity contribution in [2.75, 3.05) is 7.11 Å². The summed E-state index contributed by atoms with van der Waals surface area (Å²) < 4.78 is 18.4. The number of ether oxygens (including phenoxy) is 1.